The van der Waals surface area contributed by atoms with Gasteiger partial charge in [-0.05, 0) is 37.3 Å². The second-order valence-electron chi connectivity index (χ2n) is 5.28. The number of thiazole rings is 1. The van der Waals surface area contributed by atoms with Gasteiger partial charge in [-0.25, -0.2) is 9.78 Å². The molecule has 3 aromatic heterocycles. The van der Waals surface area contributed by atoms with Gasteiger partial charge in [-0.15, -0.1) is 11.3 Å². The third-order valence-corrected chi connectivity index (χ3v) is 5.38. The van der Waals surface area contributed by atoms with Crippen molar-refractivity contribution < 1.29 is 9.53 Å². The van der Waals surface area contributed by atoms with Crippen LogP contribution in [0.25, 0.3) is 26.1 Å². The van der Waals surface area contributed by atoms with Crippen LogP contribution in [-0.2, 0) is 4.74 Å². The Morgan fingerprint density at radius 1 is 1.28 bits per heavy atom. The molecule has 8 heteroatoms. The minimum atomic E-state index is -0.653. The highest BCUT2D eigenvalue weighted by Gasteiger charge is 2.23. The minimum Gasteiger partial charge on any atom is -0.462 e. The number of rotatable bonds is 2. The lowest BCUT2D eigenvalue weighted by Gasteiger charge is -2.07. The standard InChI is InChI=1S/C17H10Cl2N2O3S/c1-2-24-17(23)13-14(22)9-4-6-12(19)20-15(9)21-10-7-8(18)3-5-11(10)25-16(13)21/h3-7H,2H2,1H3. The number of hydrogen-bond donors (Lipinski definition) is 0. The number of nitrogens with zero attached hydrogens (tertiary/aromatic N) is 2. The maximum absolute atomic E-state index is 12.9. The predicted octanol–water partition coefficient (Wildman–Crippen LogP) is 4.55. The summed E-state index contributed by atoms with van der Waals surface area (Å²) in [7, 11) is 0. The van der Waals surface area contributed by atoms with E-state index in [0.29, 0.717) is 20.9 Å². The molecule has 4 rings (SSSR count). The van der Waals surface area contributed by atoms with Gasteiger partial charge in [0.2, 0.25) is 5.43 Å². The summed E-state index contributed by atoms with van der Waals surface area (Å²) in [5.41, 5.74) is 0.706. The van der Waals surface area contributed by atoms with Crippen molar-refractivity contribution in [2.45, 2.75) is 6.92 Å². The number of halogens is 2. The van der Waals surface area contributed by atoms with E-state index in [-0.39, 0.29) is 17.3 Å². The van der Waals surface area contributed by atoms with Gasteiger partial charge in [0.05, 0.1) is 22.2 Å². The SMILES string of the molecule is CCOC(=O)c1c(=O)c2ccc(Cl)nc2n2c1sc1ccc(Cl)cc12. The molecule has 0 aliphatic carbocycles. The van der Waals surface area contributed by atoms with Gasteiger partial charge in [-0.2, -0.15) is 0 Å². The van der Waals surface area contributed by atoms with E-state index in [9.17, 15) is 9.59 Å². The zero-order chi connectivity index (χ0) is 17.7. The molecule has 0 fully saturated rings. The summed E-state index contributed by atoms with van der Waals surface area (Å²) in [6, 6.07) is 8.45. The summed E-state index contributed by atoms with van der Waals surface area (Å²) < 4.78 is 7.69. The summed E-state index contributed by atoms with van der Waals surface area (Å²) in [6.07, 6.45) is 0. The van der Waals surface area contributed by atoms with Crippen molar-refractivity contribution in [1.29, 1.82) is 0 Å². The van der Waals surface area contributed by atoms with Gasteiger partial charge in [0.25, 0.3) is 0 Å². The highest BCUT2D eigenvalue weighted by molar-refractivity contribution is 7.24. The molecule has 0 bridgehead atoms. The van der Waals surface area contributed by atoms with Crippen LogP contribution in [-0.4, -0.2) is 22.0 Å². The molecule has 0 N–H and O–H groups in total. The lowest BCUT2D eigenvalue weighted by molar-refractivity contribution is 0.0527. The van der Waals surface area contributed by atoms with Gasteiger partial charge in [0.15, 0.2) is 5.65 Å². The number of hydrogen-bond acceptors (Lipinski definition) is 5. The van der Waals surface area contributed by atoms with Crippen LogP contribution in [0.15, 0.2) is 35.1 Å². The van der Waals surface area contributed by atoms with Crippen LogP contribution in [0, 0.1) is 0 Å². The van der Waals surface area contributed by atoms with Crippen LogP contribution >= 0.6 is 34.5 Å². The summed E-state index contributed by atoms with van der Waals surface area (Å²) in [5.74, 6) is -0.653. The smallest absolute Gasteiger partial charge is 0.345 e. The maximum atomic E-state index is 12.9. The minimum absolute atomic E-state index is 0.00389. The molecule has 0 aliphatic heterocycles. The Morgan fingerprint density at radius 3 is 2.84 bits per heavy atom. The summed E-state index contributed by atoms with van der Waals surface area (Å²) in [6.45, 7) is 1.87. The van der Waals surface area contributed by atoms with E-state index in [4.69, 9.17) is 27.9 Å². The first-order valence-electron chi connectivity index (χ1n) is 7.41. The van der Waals surface area contributed by atoms with Gasteiger partial charge in [-0.1, -0.05) is 23.2 Å². The zero-order valence-electron chi connectivity index (χ0n) is 12.9. The Balaban J connectivity index is 2.30. The molecular formula is C17H10Cl2N2O3S. The molecule has 4 aromatic rings. The molecule has 0 radical (unpaired) electrons. The first kappa shape index (κ1) is 16.3. The Morgan fingerprint density at radius 2 is 2.08 bits per heavy atom. The molecule has 0 saturated heterocycles. The normalized spacial score (nSPS) is 11.5. The monoisotopic (exact) mass is 392 g/mol. The molecule has 0 aliphatic rings. The van der Waals surface area contributed by atoms with Crippen molar-refractivity contribution in [3.8, 4) is 0 Å². The molecule has 126 valence electrons. The van der Waals surface area contributed by atoms with Gasteiger partial charge in [0.1, 0.15) is 15.5 Å². The quantitative estimate of drug-likeness (QED) is 0.371. The first-order valence-corrected chi connectivity index (χ1v) is 8.98. The lowest BCUT2D eigenvalue weighted by atomic mass is 10.2. The van der Waals surface area contributed by atoms with Crippen molar-refractivity contribution in [2.75, 3.05) is 6.61 Å². The Labute approximate surface area is 155 Å². The van der Waals surface area contributed by atoms with E-state index in [1.165, 1.54) is 17.4 Å². The third kappa shape index (κ3) is 2.49. The van der Waals surface area contributed by atoms with E-state index < -0.39 is 11.4 Å². The number of benzene rings is 1. The largest absolute Gasteiger partial charge is 0.462 e. The highest BCUT2D eigenvalue weighted by atomic mass is 35.5. The number of carbonyl (C=O) groups is 1. The van der Waals surface area contributed by atoms with Crippen molar-refractivity contribution in [2.24, 2.45) is 0 Å². The maximum Gasteiger partial charge on any atom is 0.345 e. The number of fused-ring (bicyclic) bond motifs is 5. The van der Waals surface area contributed by atoms with E-state index >= 15 is 0 Å². The van der Waals surface area contributed by atoms with Crippen molar-refractivity contribution in [1.82, 2.24) is 9.38 Å². The molecule has 25 heavy (non-hydrogen) atoms. The number of pyridine rings is 2. The molecule has 0 amide bonds. The molecule has 0 saturated carbocycles. The number of ether oxygens (including phenoxy) is 1. The van der Waals surface area contributed by atoms with Gasteiger partial charge in [-0.3, -0.25) is 9.20 Å². The van der Waals surface area contributed by atoms with Crippen molar-refractivity contribution >= 4 is 66.6 Å². The predicted molar refractivity (Wildman–Crippen MR) is 100 cm³/mol. The van der Waals surface area contributed by atoms with E-state index in [1.807, 2.05) is 6.07 Å². The van der Waals surface area contributed by atoms with Crippen LogP contribution in [0.3, 0.4) is 0 Å². The second-order valence-corrected chi connectivity index (χ2v) is 7.14. The molecule has 3 heterocycles. The van der Waals surface area contributed by atoms with Crippen LogP contribution < -0.4 is 5.43 Å². The van der Waals surface area contributed by atoms with Crippen LogP contribution in [0.2, 0.25) is 10.2 Å². The van der Waals surface area contributed by atoms with E-state index in [1.54, 1.807) is 29.5 Å². The molecule has 0 unspecified atom stereocenters. The second kappa shape index (κ2) is 5.98. The highest BCUT2D eigenvalue weighted by Crippen LogP contribution is 2.32. The van der Waals surface area contributed by atoms with Crippen molar-refractivity contribution in [3.05, 3.63) is 56.3 Å². The van der Waals surface area contributed by atoms with Crippen LogP contribution in [0.1, 0.15) is 17.3 Å². The molecule has 0 atom stereocenters. The zero-order valence-corrected chi connectivity index (χ0v) is 15.2. The van der Waals surface area contributed by atoms with Gasteiger partial charge in [0, 0.05) is 5.02 Å². The topological polar surface area (TPSA) is 60.7 Å². The number of esters is 1. The van der Waals surface area contributed by atoms with Crippen LogP contribution in [0.4, 0.5) is 0 Å². The molecular weight excluding hydrogens is 383 g/mol. The summed E-state index contributed by atoms with van der Waals surface area (Å²) in [5, 5.41) is 1.09. The van der Waals surface area contributed by atoms with Gasteiger partial charge >= 0.3 is 5.97 Å². The fraction of sp³-hybridized carbons (Fsp3) is 0.118. The van der Waals surface area contributed by atoms with E-state index in [0.717, 1.165) is 10.2 Å². The molecule has 5 nitrogen and oxygen atoms in total. The fourth-order valence-corrected chi connectivity index (χ4v) is 4.23. The molecule has 0 spiro atoms. The van der Waals surface area contributed by atoms with Crippen LogP contribution in [0.5, 0.6) is 0 Å². The Kier molecular flexibility index (Phi) is 3.91. The Hall–Kier alpha value is -2.15. The Bertz CT molecular complexity index is 1230. The molecule has 1 aromatic carbocycles. The number of aromatic nitrogens is 2. The fourth-order valence-electron chi connectivity index (χ4n) is 2.77. The number of carbonyl (C=O) groups excluding carboxylic acids is 1. The first-order chi connectivity index (χ1) is 12.0. The average Bonchev–Trinajstić information content (AvgIpc) is 2.93. The summed E-state index contributed by atoms with van der Waals surface area (Å²) >= 11 is 13.5. The summed E-state index contributed by atoms with van der Waals surface area (Å²) in [4.78, 5) is 30.1. The van der Waals surface area contributed by atoms with E-state index in [2.05, 4.69) is 4.98 Å². The lowest BCUT2D eigenvalue weighted by Crippen LogP contribution is -2.20. The van der Waals surface area contributed by atoms with Crippen molar-refractivity contribution in [3.63, 3.8) is 0 Å². The average molecular weight is 393 g/mol. The van der Waals surface area contributed by atoms with Gasteiger partial charge < -0.3 is 4.74 Å². The third-order valence-electron chi connectivity index (χ3n) is 3.79.